The van der Waals surface area contributed by atoms with Crippen LogP contribution in [0.2, 0.25) is 0 Å². The number of benzene rings is 1. The van der Waals surface area contributed by atoms with Gasteiger partial charge >= 0.3 is 0 Å². The van der Waals surface area contributed by atoms with Crippen LogP contribution in [0.3, 0.4) is 0 Å². The standard InChI is InChI=1S/C14H16N4/c1-10-16-17-14(11-7-8-12(15)9-11)18(10)13-5-3-2-4-6-13/h2-8,11-12H,9,15H2,1H3. The zero-order valence-corrected chi connectivity index (χ0v) is 10.3. The first-order valence-electron chi connectivity index (χ1n) is 6.17. The molecule has 0 radical (unpaired) electrons. The summed E-state index contributed by atoms with van der Waals surface area (Å²) in [6.07, 6.45) is 5.09. The summed E-state index contributed by atoms with van der Waals surface area (Å²) in [7, 11) is 0. The molecule has 1 aromatic heterocycles. The Hall–Kier alpha value is -1.94. The lowest BCUT2D eigenvalue weighted by atomic mass is 10.1. The fourth-order valence-corrected chi connectivity index (χ4v) is 2.43. The van der Waals surface area contributed by atoms with Gasteiger partial charge in [-0.3, -0.25) is 4.57 Å². The van der Waals surface area contributed by atoms with Crippen molar-refractivity contribution < 1.29 is 0 Å². The van der Waals surface area contributed by atoms with E-state index in [1.54, 1.807) is 0 Å². The number of hydrogen-bond donors (Lipinski definition) is 1. The number of rotatable bonds is 2. The van der Waals surface area contributed by atoms with Crippen molar-refractivity contribution in [3.8, 4) is 5.69 Å². The molecule has 1 aliphatic rings. The maximum Gasteiger partial charge on any atom is 0.144 e. The monoisotopic (exact) mass is 240 g/mol. The molecule has 0 amide bonds. The van der Waals surface area contributed by atoms with E-state index in [0.29, 0.717) is 0 Å². The average Bonchev–Trinajstić information content (AvgIpc) is 2.96. The van der Waals surface area contributed by atoms with Crippen molar-refractivity contribution in [3.05, 3.63) is 54.1 Å². The van der Waals surface area contributed by atoms with E-state index in [1.165, 1.54) is 0 Å². The number of aryl methyl sites for hydroxylation is 1. The van der Waals surface area contributed by atoms with Crippen molar-refractivity contribution >= 4 is 0 Å². The first kappa shape index (κ1) is 11.2. The lowest BCUT2D eigenvalue weighted by Crippen LogP contribution is -2.16. The second kappa shape index (κ2) is 4.38. The third-order valence-electron chi connectivity index (χ3n) is 3.31. The van der Waals surface area contributed by atoms with E-state index in [9.17, 15) is 0 Å². The highest BCUT2D eigenvalue weighted by Gasteiger charge is 2.23. The second-order valence-corrected chi connectivity index (χ2v) is 4.67. The van der Waals surface area contributed by atoms with Crippen LogP contribution in [0.5, 0.6) is 0 Å². The number of nitrogens with zero attached hydrogens (tertiary/aromatic N) is 3. The molecule has 2 N–H and O–H groups in total. The molecule has 1 heterocycles. The van der Waals surface area contributed by atoms with Crippen molar-refractivity contribution in [2.24, 2.45) is 5.73 Å². The molecule has 0 fully saturated rings. The van der Waals surface area contributed by atoms with Gasteiger partial charge in [0.05, 0.1) is 0 Å². The normalized spacial score (nSPS) is 22.6. The van der Waals surface area contributed by atoms with Crippen molar-refractivity contribution in [1.29, 1.82) is 0 Å². The molecule has 2 atom stereocenters. The van der Waals surface area contributed by atoms with Gasteiger partial charge in [-0.2, -0.15) is 0 Å². The van der Waals surface area contributed by atoms with E-state index in [0.717, 1.165) is 23.8 Å². The summed E-state index contributed by atoms with van der Waals surface area (Å²) in [6, 6.07) is 10.3. The van der Waals surface area contributed by atoms with Gasteiger partial charge in [-0.15, -0.1) is 10.2 Å². The summed E-state index contributed by atoms with van der Waals surface area (Å²) < 4.78 is 2.10. The number of hydrogen-bond acceptors (Lipinski definition) is 3. The summed E-state index contributed by atoms with van der Waals surface area (Å²) in [5.74, 6) is 2.15. The van der Waals surface area contributed by atoms with E-state index in [2.05, 4.69) is 33.0 Å². The van der Waals surface area contributed by atoms with Gasteiger partial charge in [0.1, 0.15) is 11.6 Å². The quantitative estimate of drug-likeness (QED) is 0.816. The van der Waals surface area contributed by atoms with Crippen LogP contribution in [0.15, 0.2) is 42.5 Å². The van der Waals surface area contributed by atoms with Crippen LogP contribution >= 0.6 is 0 Å². The van der Waals surface area contributed by atoms with Gasteiger partial charge in [-0.05, 0) is 25.5 Å². The fraction of sp³-hybridized carbons (Fsp3) is 0.286. The molecule has 92 valence electrons. The lowest BCUT2D eigenvalue weighted by molar-refractivity contribution is 0.663. The van der Waals surface area contributed by atoms with Gasteiger partial charge < -0.3 is 5.73 Å². The van der Waals surface area contributed by atoms with Crippen LogP contribution in [0.1, 0.15) is 24.0 Å². The van der Waals surface area contributed by atoms with Crippen LogP contribution in [0.25, 0.3) is 5.69 Å². The topological polar surface area (TPSA) is 56.7 Å². The predicted octanol–water partition coefficient (Wildman–Crippen LogP) is 1.95. The van der Waals surface area contributed by atoms with Crippen LogP contribution in [0, 0.1) is 6.92 Å². The van der Waals surface area contributed by atoms with Gasteiger partial charge in [0.15, 0.2) is 0 Å². The number of nitrogens with two attached hydrogens (primary N) is 1. The molecule has 3 rings (SSSR count). The smallest absolute Gasteiger partial charge is 0.144 e. The Morgan fingerprint density at radius 1 is 1.17 bits per heavy atom. The Labute approximate surface area is 106 Å². The van der Waals surface area contributed by atoms with Crippen LogP contribution < -0.4 is 5.73 Å². The Bertz CT molecular complexity index is 571. The summed E-state index contributed by atoms with van der Waals surface area (Å²) in [4.78, 5) is 0. The summed E-state index contributed by atoms with van der Waals surface area (Å²) in [6.45, 7) is 1.97. The SMILES string of the molecule is Cc1nnc(C2C=CC(N)C2)n1-c1ccccc1. The summed E-state index contributed by atoms with van der Waals surface area (Å²) in [5.41, 5.74) is 7.01. The second-order valence-electron chi connectivity index (χ2n) is 4.67. The minimum Gasteiger partial charge on any atom is -0.324 e. The lowest BCUT2D eigenvalue weighted by Gasteiger charge is -2.12. The van der Waals surface area contributed by atoms with Gasteiger partial charge in [0.2, 0.25) is 0 Å². The van der Waals surface area contributed by atoms with Crippen LogP contribution in [-0.4, -0.2) is 20.8 Å². The predicted molar refractivity (Wildman–Crippen MR) is 70.6 cm³/mol. The molecule has 4 heteroatoms. The highest BCUT2D eigenvalue weighted by Crippen LogP contribution is 2.28. The third-order valence-corrected chi connectivity index (χ3v) is 3.31. The van der Waals surface area contributed by atoms with E-state index in [-0.39, 0.29) is 12.0 Å². The molecule has 0 bridgehead atoms. The van der Waals surface area contributed by atoms with E-state index >= 15 is 0 Å². The van der Waals surface area contributed by atoms with Gasteiger partial charge in [0, 0.05) is 17.6 Å². The molecular formula is C14H16N4. The van der Waals surface area contributed by atoms with Crippen molar-refractivity contribution in [2.75, 3.05) is 0 Å². The van der Waals surface area contributed by atoms with Gasteiger partial charge in [0.25, 0.3) is 0 Å². The molecule has 1 aliphatic carbocycles. The number of para-hydroxylation sites is 1. The average molecular weight is 240 g/mol. The Kier molecular flexibility index (Phi) is 2.72. The molecule has 2 aromatic rings. The molecule has 0 saturated heterocycles. The zero-order valence-electron chi connectivity index (χ0n) is 10.3. The van der Waals surface area contributed by atoms with Crippen LogP contribution in [0.4, 0.5) is 0 Å². The van der Waals surface area contributed by atoms with Crippen molar-refractivity contribution in [3.63, 3.8) is 0 Å². The fourth-order valence-electron chi connectivity index (χ4n) is 2.43. The van der Waals surface area contributed by atoms with Crippen molar-refractivity contribution in [1.82, 2.24) is 14.8 Å². The van der Waals surface area contributed by atoms with Crippen molar-refractivity contribution in [2.45, 2.75) is 25.3 Å². The highest BCUT2D eigenvalue weighted by atomic mass is 15.3. The summed E-state index contributed by atoms with van der Waals surface area (Å²) in [5, 5.41) is 8.52. The maximum atomic E-state index is 5.91. The summed E-state index contributed by atoms with van der Waals surface area (Å²) >= 11 is 0. The minimum absolute atomic E-state index is 0.135. The molecule has 0 aliphatic heterocycles. The van der Waals surface area contributed by atoms with Gasteiger partial charge in [-0.1, -0.05) is 30.4 Å². The first-order chi connectivity index (χ1) is 8.75. The van der Waals surface area contributed by atoms with Gasteiger partial charge in [-0.25, -0.2) is 0 Å². The van der Waals surface area contributed by atoms with E-state index < -0.39 is 0 Å². The van der Waals surface area contributed by atoms with E-state index in [1.807, 2.05) is 31.2 Å². The molecular weight excluding hydrogens is 224 g/mol. The third kappa shape index (κ3) is 1.84. The zero-order chi connectivity index (χ0) is 12.5. The largest absolute Gasteiger partial charge is 0.324 e. The molecule has 18 heavy (non-hydrogen) atoms. The minimum atomic E-state index is 0.135. The Balaban J connectivity index is 2.05. The Morgan fingerprint density at radius 2 is 1.94 bits per heavy atom. The van der Waals surface area contributed by atoms with E-state index in [4.69, 9.17) is 5.73 Å². The number of allylic oxidation sites excluding steroid dienone is 1. The maximum absolute atomic E-state index is 5.91. The Morgan fingerprint density at radius 3 is 2.61 bits per heavy atom. The molecule has 4 nitrogen and oxygen atoms in total. The molecule has 2 unspecified atom stereocenters. The van der Waals surface area contributed by atoms with Crippen LogP contribution in [-0.2, 0) is 0 Å². The molecule has 0 spiro atoms. The molecule has 0 saturated carbocycles. The highest BCUT2D eigenvalue weighted by molar-refractivity contribution is 5.35. The first-order valence-corrected chi connectivity index (χ1v) is 6.17. The molecule has 1 aromatic carbocycles. The number of aromatic nitrogens is 3.